The molecule has 29 heavy (non-hydrogen) atoms. The van der Waals surface area contributed by atoms with Gasteiger partial charge in [0.25, 0.3) is 0 Å². The molecule has 0 unspecified atom stereocenters. The lowest BCUT2D eigenvalue weighted by Gasteiger charge is -2.44. The zero-order valence-electron chi connectivity index (χ0n) is 17.8. The second-order valence-electron chi connectivity index (χ2n) is 8.25. The van der Waals surface area contributed by atoms with E-state index in [0.717, 1.165) is 21.2 Å². The van der Waals surface area contributed by atoms with Crippen molar-refractivity contribution >= 4 is 38.7 Å². The third-order valence-electron chi connectivity index (χ3n) is 4.73. The minimum atomic E-state index is -0.523. The molecular weight excluding hydrogens is 438 g/mol. The quantitative estimate of drug-likeness (QED) is 0.676. The summed E-state index contributed by atoms with van der Waals surface area (Å²) in [5.41, 5.74) is 0.229. The van der Waals surface area contributed by atoms with Gasteiger partial charge in [-0.3, -0.25) is 0 Å². The molecule has 0 saturated carbocycles. The number of fused-ring (bicyclic) bond motifs is 1. The monoisotopic (exact) mass is 465 g/mol. The molecule has 3 rings (SSSR count). The van der Waals surface area contributed by atoms with Gasteiger partial charge in [0.15, 0.2) is 0 Å². The number of pyridine rings is 1. The number of piperazine rings is 1. The van der Waals surface area contributed by atoms with Crippen molar-refractivity contribution in [2.75, 3.05) is 24.6 Å². The summed E-state index contributed by atoms with van der Waals surface area (Å²) >= 11 is 3.53. The molecule has 0 aromatic carbocycles. The lowest BCUT2D eigenvalue weighted by molar-refractivity contribution is 0.0130. The molecule has 0 bridgehead atoms. The highest BCUT2D eigenvalue weighted by atomic mass is 79.9. The van der Waals surface area contributed by atoms with E-state index in [1.54, 1.807) is 17.4 Å². The first kappa shape index (κ1) is 21.5. The Labute approximate surface area is 179 Å². The van der Waals surface area contributed by atoms with E-state index >= 15 is 0 Å². The van der Waals surface area contributed by atoms with Crippen LogP contribution in [0.5, 0.6) is 5.88 Å². The van der Waals surface area contributed by atoms with Gasteiger partial charge in [0.1, 0.15) is 23.1 Å². The van der Waals surface area contributed by atoms with Gasteiger partial charge < -0.3 is 19.3 Å². The summed E-state index contributed by atoms with van der Waals surface area (Å²) in [7, 11) is 0. The second kappa shape index (κ2) is 8.30. The molecule has 0 radical (unpaired) electrons. The molecule has 1 aliphatic heterocycles. The Kier molecular flexibility index (Phi) is 6.16. The number of amides is 1. The fourth-order valence-corrected chi connectivity index (χ4v) is 3.86. The Balaban J connectivity index is 1.95. The third-order valence-corrected chi connectivity index (χ3v) is 5.31. The summed E-state index contributed by atoms with van der Waals surface area (Å²) in [6.45, 7) is 13.3. The maximum absolute atomic E-state index is 12.6. The minimum Gasteiger partial charge on any atom is -0.477 e. The van der Waals surface area contributed by atoms with Gasteiger partial charge in [-0.25, -0.2) is 19.7 Å². The van der Waals surface area contributed by atoms with E-state index in [9.17, 15) is 4.79 Å². The maximum atomic E-state index is 12.6. The van der Waals surface area contributed by atoms with Crippen molar-refractivity contribution < 1.29 is 14.3 Å². The molecule has 158 valence electrons. The summed E-state index contributed by atoms with van der Waals surface area (Å²) in [6, 6.07) is -0.00741. The van der Waals surface area contributed by atoms with Crippen molar-refractivity contribution in [2.24, 2.45) is 0 Å². The molecule has 2 aromatic rings. The van der Waals surface area contributed by atoms with Crippen molar-refractivity contribution in [3.8, 4) is 5.88 Å². The molecule has 1 fully saturated rings. The number of ether oxygens (including phenoxy) is 2. The number of aromatic nitrogens is 3. The molecule has 8 nitrogen and oxygen atoms in total. The van der Waals surface area contributed by atoms with Crippen LogP contribution in [0.3, 0.4) is 0 Å². The zero-order valence-corrected chi connectivity index (χ0v) is 19.4. The number of anilines is 1. The largest absolute Gasteiger partial charge is 0.477 e. The highest BCUT2D eigenvalue weighted by molar-refractivity contribution is 9.10. The van der Waals surface area contributed by atoms with E-state index in [0.29, 0.717) is 25.6 Å². The molecule has 1 aliphatic rings. The molecule has 0 spiro atoms. The first-order valence-electron chi connectivity index (χ1n) is 9.80. The Hall–Kier alpha value is -2.16. The van der Waals surface area contributed by atoms with Crippen LogP contribution in [0.1, 0.15) is 41.5 Å². The van der Waals surface area contributed by atoms with Crippen molar-refractivity contribution in [2.45, 2.75) is 59.2 Å². The van der Waals surface area contributed by atoms with Crippen LogP contribution in [0, 0.1) is 0 Å². The molecule has 1 saturated heterocycles. The van der Waals surface area contributed by atoms with Crippen LogP contribution >= 0.6 is 15.9 Å². The van der Waals surface area contributed by atoms with Crippen LogP contribution in [-0.2, 0) is 4.74 Å². The summed E-state index contributed by atoms with van der Waals surface area (Å²) in [4.78, 5) is 30.0. The third kappa shape index (κ3) is 4.55. The molecular formula is C20H28BrN5O3. The van der Waals surface area contributed by atoms with E-state index in [1.165, 1.54) is 0 Å². The van der Waals surface area contributed by atoms with Crippen molar-refractivity contribution in [3.05, 3.63) is 17.0 Å². The summed E-state index contributed by atoms with van der Waals surface area (Å²) in [5.74, 6) is 1.27. The lowest BCUT2D eigenvalue weighted by atomic mass is 10.1. The van der Waals surface area contributed by atoms with Crippen LogP contribution in [0.15, 0.2) is 17.0 Å². The predicted molar refractivity (Wildman–Crippen MR) is 115 cm³/mol. The Bertz CT molecular complexity index is 902. The zero-order chi connectivity index (χ0) is 21.3. The number of carbonyl (C=O) groups is 1. The number of halogens is 1. The van der Waals surface area contributed by atoms with Gasteiger partial charge in [-0.1, -0.05) is 0 Å². The van der Waals surface area contributed by atoms with Gasteiger partial charge in [-0.05, 0) is 57.5 Å². The normalized spacial score (nSPS) is 20.1. The minimum absolute atomic E-state index is 0.0327. The van der Waals surface area contributed by atoms with Gasteiger partial charge in [0.2, 0.25) is 5.88 Å². The first-order chi connectivity index (χ1) is 13.6. The average molecular weight is 466 g/mol. The van der Waals surface area contributed by atoms with E-state index in [1.807, 2.05) is 34.6 Å². The molecule has 3 heterocycles. The van der Waals surface area contributed by atoms with Crippen molar-refractivity contribution in [1.82, 2.24) is 19.9 Å². The van der Waals surface area contributed by atoms with Gasteiger partial charge in [0.05, 0.1) is 16.6 Å². The van der Waals surface area contributed by atoms with Crippen LogP contribution in [0.4, 0.5) is 10.6 Å². The molecule has 0 N–H and O–H groups in total. The summed E-state index contributed by atoms with van der Waals surface area (Å²) in [5, 5.41) is 0.772. The van der Waals surface area contributed by atoms with Crippen LogP contribution < -0.4 is 9.64 Å². The molecule has 0 aliphatic carbocycles. The average Bonchev–Trinajstić information content (AvgIpc) is 2.64. The summed E-state index contributed by atoms with van der Waals surface area (Å²) in [6.07, 6.45) is 2.95. The van der Waals surface area contributed by atoms with E-state index in [-0.39, 0.29) is 18.2 Å². The van der Waals surface area contributed by atoms with Crippen molar-refractivity contribution in [3.63, 3.8) is 0 Å². The lowest BCUT2D eigenvalue weighted by Crippen LogP contribution is -2.59. The van der Waals surface area contributed by atoms with Gasteiger partial charge in [-0.2, -0.15) is 0 Å². The van der Waals surface area contributed by atoms with Gasteiger partial charge in [0, 0.05) is 31.4 Å². The van der Waals surface area contributed by atoms with E-state index < -0.39 is 5.60 Å². The molecule has 9 heteroatoms. The van der Waals surface area contributed by atoms with Crippen molar-refractivity contribution in [1.29, 1.82) is 0 Å². The van der Waals surface area contributed by atoms with Crippen LogP contribution in [0.25, 0.3) is 10.9 Å². The molecule has 1 amide bonds. The predicted octanol–water partition coefficient (Wildman–Crippen LogP) is 4.02. The number of rotatable bonds is 3. The molecule has 2 aromatic heterocycles. The number of hydrogen-bond acceptors (Lipinski definition) is 7. The standard InChI is InChI=1S/C20H28BrN5O3/c1-7-28-18-15-16(14(21)8-22-18)23-11-24-17(15)25-9-13(3)26(10-12(25)2)19(27)29-20(4,5)6/h8,11-13H,7,9-10H2,1-6H3/t12-,13+/m0/s1. The Morgan fingerprint density at radius 1 is 1.21 bits per heavy atom. The number of carbonyl (C=O) groups excluding carboxylic acids is 1. The van der Waals surface area contributed by atoms with E-state index in [2.05, 4.69) is 42.7 Å². The first-order valence-corrected chi connectivity index (χ1v) is 10.6. The highest BCUT2D eigenvalue weighted by Gasteiger charge is 2.36. The Morgan fingerprint density at radius 2 is 1.93 bits per heavy atom. The van der Waals surface area contributed by atoms with E-state index in [4.69, 9.17) is 9.47 Å². The SMILES string of the molecule is CCOc1ncc(Br)c2ncnc(N3C[C@@H](C)N(C(=O)OC(C)(C)C)C[C@@H]3C)c12. The fourth-order valence-electron chi connectivity index (χ4n) is 3.46. The Morgan fingerprint density at radius 3 is 2.59 bits per heavy atom. The van der Waals surface area contributed by atoms with Gasteiger partial charge in [-0.15, -0.1) is 0 Å². The van der Waals surface area contributed by atoms with Crippen LogP contribution in [-0.4, -0.2) is 63.3 Å². The van der Waals surface area contributed by atoms with Gasteiger partial charge >= 0.3 is 6.09 Å². The maximum Gasteiger partial charge on any atom is 0.410 e. The number of nitrogens with zero attached hydrogens (tertiary/aromatic N) is 5. The highest BCUT2D eigenvalue weighted by Crippen LogP contribution is 2.36. The summed E-state index contributed by atoms with van der Waals surface area (Å²) < 4.78 is 12.1. The second-order valence-corrected chi connectivity index (χ2v) is 9.10. The smallest absolute Gasteiger partial charge is 0.410 e. The fraction of sp³-hybridized carbons (Fsp3) is 0.600. The topological polar surface area (TPSA) is 80.7 Å². The van der Waals surface area contributed by atoms with Crippen LogP contribution in [0.2, 0.25) is 0 Å². The molecule has 2 atom stereocenters. The number of hydrogen-bond donors (Lipinski definition) is 0.